The third-order valence-electron chi connectivity index (χ3n) is 5.00. The summed E-state index contributed by atoms with van der Waals surface area (Å²) in [6.07, 6.45) is 20.9. The Bertz CT molecular complexity index is 1090. The maximum absolute atomic E-state index is 12.5. The van der Waals surface area contributed by atoms with Gasteiger partial charge in [0.05, 0.1) is 13.2 Å². The zero-order valence-electron chi connectivity index (χ0n) is 26.7. The number of aliphatic hydroxyl groups excluding tert-OH is 2. The van der Waals surface area contributed by atoms with Gasteiger partial charge in [-0.3, -0.25) is 5.26 Å². The van der Waals surface area contributed by atoms with Crippen LogP contribution in [-0.4, -0.2) is 62.2 Å². The Labute approximate surface area is 267 Å². The highest BCUT2D eigenvalue weighted by Crippen LogP contribution is 2.27. The summed E-state index contributed by atoms with van der Waals surface area (Å²) < 4.78 is 41.3. The van der Waals surface area contributed by atoms with Gasteiger partial charge in [-0.25, -0.2) is 4.89 Å². The summed E-state index contributed by atoms with van der Waals surface area (Å²) in [5.41, 5.74) is 2.95. The van der Waals surface area contributed by atoms with E-state index in [1.54, 1.807) is 32.3 Å². The minimum absolute atomic E-state index is 0.0482. The van der Waals surface area contributed by atoms with Gasteiger partial charge in [-0.2, -0.15) is 8.78 Å². The van der Waals surface area contributed by atoms with E-state index in [1.807, 2.05) is 73.7 Å². The minimum atomic E-state index is -1.66. The van der Waals surface area contributed by atoms with Gasteiger partial charge in [-0.15, -0.1) is 13.2 Å². The van der Waals surface area contributed by atoms with Crippen LogP contribution in [0.4, 0.5) is 8.78 Å². The van der Waals surface area contributed by atoms with E-state index in [2.05, 4.69) is 18.0 Å². The monoisotopic (exact) mass is 632 g/mol. The Morgan fingerprint density at radius 2 is 1.47 bits per heavy atom. The molecule has 0 aromatic heterocycles. The Morgan fingerprint density at radius 3 is 2.02 bits per heavy atom. The van der Waals surface area contributed by atoms with Gasteiger partial charge in [0.2, 0.25) is 0 Å². The maximum atomic E-state index is 12.5. The Balaban J connectivity index is 0. The van der Waals surface area contributed by atoms with Crippen LogP contribution in [0.15, 0.2) is 128 Å². The average Bonchev–Trinajstić information content (AvgIpc) is 3.02. The SMILES string of the molecule is C=CC.C=CCO.CCO.COCCOc1ccc(C2=C(CCCC=C(F)F)/C=C/C=C(OCCOO)\C=C/C=C/C=C\2)cc1. The van der Waals surface area contributed by atoms with Crippen molar-refractivity contribution in [2.75, 3.05) is 46.8 Å². The summed E-state index contributed by atoms with van der Waals surface area (Å²) in [6, 6.07) is 7.76. The molecule has 9 heteroatoms. The van der Waals surface area contributed by atoms with Gasteiger partial charge in [0.1, 0.15) is 31.3 Å². The van der Waals surface area contributed by atoms with Crippen LogP contribution in [-0.2, 0) is 14.4 Å². The van der Waals surface area contributed by atoms with Crippen molar-refractivity contribution >= 4 is 5.57 Å². The standard InChI is InChI=1S/C28H32F2O5.C3H6O.C3H6.C2H6O/c1-32-19-20-33-26-17-15-24(16-18-26)27-13-5-3-2-4-11-25(34-21-22-35-31)12-8-10-23(27)9-6-7-14-28(29)30;1-2-3-4;1-3-2;1-2-3/h2-5,8,10-18,31H,6-7,9,19-22H2,1H3;2,4H,1,3H2;3H,1H2,2H3;3H,2H2,1H3/b3-2+,4-2?,5-3?,10-8+,11-4-,12-8?,13-5-,23-10?,25-11?,25-12+,27-13?,27-23+;;;. The molecule has 250 valence electrons. The summed E-state index contributed by atoms with van der Waals surface area (Å²) in [4.78, 5) is 4.06. The minimum Gasteiger partial charge on any atom is -0.491 e. The topological polar surface area (TPSA) is 97.6 Å². The largest absolute Gasteiger partial charge is 0.491 e. The highest BCUT2D eigenvalue weighted by Gasteiger charge is 2.07. The summed E-state index contributed by atoms with van der Waals surface area (Å²) in [5.74, 6) is 1.33. The van der Waals surface area contributed by atoms with Crippen molar-refractivity contribution in [2.45, 2.75) is 33.1 Å². The van der Waals surface area contributed by atoms with Crippen molar-refractivity contribution in [1.82, 2.24) is 0 Å². The van der Waals surface area contributed by atoms with Crippen LogP contribution in [0, 0.1) is 0 Å². The van der Waals surface area contributed by atoms with Gasteiger partial charge < -0.3 is 24.4 Å². The van der Waals surface area contributed by atoms with Gasteiger partial charge in [-0.05, 0) is 80.2 Å². The Morgan fingerprint density at radius 1 is 0.867 bits per heavy atom. The number of hydrogen-bond acceptors (Lipinski definition) is 7. The number of rotatable bonds is 14. The van der Waals surface area contributed by atoms with E-state index in [1.165, 1.54) is 6.08 Å². The van der Waals surface area contributed by atoms with Crippen LogP contribution in [0.5, 0.6) is 5.75 Å². The highest BCUT2D eigenvalue weighted by atomic mass is 19.3. The van der Waals surface area contributed by atoms with Crippen molar-refractivity contribution in [1.29, 1.82) is 0 Å². The molecule has 0 radical (unpaired) electrons. The zero-order valence-corrected chi connectivity index (χ0v) is 26.7. The van der Waals surface area contributed by atoms with Crippen LogP contribution in [0.2, 0.25) is 0 Å². The molecule has 0 heterocycles. The number of benzene rings is 1. The van der Waals surface area contributed by atoms with E-state index < -0.39 is 6.08 Å². The third kappa shape index (κ3) is 26.3. The molecule has 0 saturated carbocycles. The van der Waals surface area contributed by atoms with E-state index >= 15 is 0 Å². The Kier molecular flexibility index (Phi) is 31.8. The first-order valence-electron chi connectivity index (χ1n) is 14.5. The van der Waals surface area contributed by atoms with Crippen molar-refractivity contribution in [2.24, 2.45) is 0 Å². The molecule has 0 aliphatic heterocycles. The van der Waals surface area contributed by atoms with Gasteiger partial charge in [0.25, 0.3) is 6.08 Å². The van der Waals surface area contributed by atoms with Gasteiger partial charge >= 0.3 is 0 Å². The van der Waals surface area contributed by atoms with E-state index in [0.717, 1.165) is 28.5 Å². The second-order valence-electron chi connectivity index (χ2n) is 8.60. The predicted molar refractivity (Wildman–Crippen MR) is 180 cm³/mol. The molecule has 7 nitrogen and oxygen atoms in total. The molecule has 1 aromatic carbocycles. The van der Waals surface area contributed by atoms with Gasteiger partial charge in [-0.1, -0.05) is 66.8 Å². The van der Waals surface area contributed by atoms with Crippen LogP contribution in [0.1, 0.15) is 38.7 Å². The summed E-state index contributed by atoms with van der Waals surface area (Å²) in [5, 5.41) is 23.8. The lowest BCUT2D eigenvalue weighted by atomic mass is 9.95. The maximum Gasteiger partial charge on any atom is 0.266 e. The fourth-order valence-electron chi connectivity index (χ4n) is 3.21. The lowest BCUT2D eigenvalue weighted by Crippen LogP contribution is -2.04. The molecule has 0 spiro atoms. The summed E-state index contributed by atoms with van der Waals surface area (Å²) >= 11 is 0. The van der Waals surface area contributed by atoms with Crippen LogP contribution in [0.25, 0.3) is 5.57 Å². The fourth-order valence-corrected chi connectivity index (χ4v) is 3.21. The molecule has 45 heavy (non-hydrogen) atoms. The number of halogens is 2. The quantitative estimate of drug-likeness (QED) is 0.0820. The smallest absolute Gasteiger partial charge is 0.266 e. The number of unbranched alkanes of at least 4 members (excludes halogenated alkanes) is 1. The molecule has 1 aromatic rings. The van der Waals surface area contributed by atoms with Crippen LogP contribution >= 0.6 is 0 Å². The lowest BCUT2D eigenvalue weighted by Gasteiger charge is -2.12. The van der Waals surface area contributed by atoms with E-state index in [4.69, 9.17) is 29.7 Å². The molecule has 0 amide bonds. The summed E-state index contributed by atoms with van der Waals surface area (Å²) in [7, 11) is 1.62. The van der Waals surface area contributed by atoms with Gasteiger partial charge in [0, 0.05) is 13.7 Å². The first-order chi connectivity index (χ1) is 21.9. The lowest BCUT2D eigenvalue weighted by molar-refractivity contribution is -0.247. The number of allylic oxidation sites excluding steroid dienone is 13. The van der Waals surface area contributed by atoms with Crippen molar-refractivity contribution < 1.29 is 43.3 Å². The number of aliphatic hydroxyl groups is 2. The fraction of sp³-hybridized carbons (Fsp3) is 0.333. The third-order valence-corrected chi connectivity index (χ3v) is 5.00. The zero-order chi connectivity index (χ0) is 34.0. The van der Waals surface area contributed by atoms with Crippen molar-refractivity contribution in [3.8, 4) is 5.75 Å². The van der Waals surface area contributed by atoms with Crippen molar-refractivity contribution in [3.05, 3.63) is 133 Å². The Hall–Kier alpha value is -3.86. The van der Waals surface area contributed by atoms with E-state index in [-0.39, 0.29) is 32.8 Å². The first kappa shape index (κ1) is 43.3. The molecule has 0 fully saturated rings. The average molecular weight is 633 g/mol. The van der Waals surface area contributed by atoms with E-state index in [0.29, 0.717) is 31.8 Å². The molecular weight excluding hydrogens is 582 g/mol. The molecule has 1 aliphatic rings. The molecule has 0 saturated heterocycles. The molecule has 2 rings (SSSR count). The number of methoxy groups -OCH3 is 1. The molecule has 3 N–H and O–H groups in total. The van der Waals surface area contributed by atoms with E-state index in [9.17, 15) is 8.78 Å². The highest BCUT2D eigenvalue weighted by molar-refractivity contribution is 5.79. The van der Waals surface area contributed by atoms with Gasteiger partial charge in [0.15, 0.2) is 0 Å². The summed E-state index contributed by atoms with van der Waals surface area (Å²) in [6.45, 7) is 11.7. The molecule has 1 aliphatic carbocycles. The van der Waals surface area contributed by atoms with Crippen LogP contribution in [0.3, 0.4) is 0 Å². The predicted octanol–water partition coefficient (Wildman–Crippen LogP) is 8.40. The second kappa shape index (κ2) is 33.0. The molecule has 0 atom stereocenters. The molecule has 0 bridgehead atoms. The normalized spacial score (nSPS) is 17.6. The number of ether oxygens (including phenoxy) is 3. The second-order valence-corrected chi connectivity index (χ2v) is 8.60. The first-order valence-corrected chi connectivity index (χ1v) is 14.5. The molecule has 0 unspecified atom stereocenters. The van der Waals surface area contributed by atoms with Crippen LogP contribution < -0.4 is 4.74 Å². The van der Waals surface area contributed by atoms with Crippen molar-refractivity contribution in [3.63, 3.8) is 0 Å². The molecular formula is C36H50F2O7. The number of hydrogen-bond donors (Lipinski definition) is 3.